The van der Waals surface area contributed by atoms with Crippen molar-refractivity contribution < 1.29 is 37.4 Å². The second kappa shape index (κ2) is 11.6. The van der Waals surface area contributed by atoms with Crippen LogP contribution in [0.2, 0.25) is 0 Å². The number of carboxylic acids is 1. The molecule has 1 heterocycles. The number of nitriles is 1. The molecule has 1 aliphatic rings. The van der Waals surface area contributed by atoms with E-state index in [2.05, 4.69) is 0 Å². The van der Waals surface area contributed by atoms with Crippen LogP contribution >= 0.6 is 0 Å². The summed E-state index contributed by atoms with van der Waals surface area (Å²) in [7, 11) is 0. The average molecular weight is 564 g/mol. The van der Waals surface area contributed by atoms with Gasteiger partial charge in [0.05, 0.1) is 46.7 Å². The number of alkyl halides is 3. The predicted molar refractivity (Wildman–Crippen MR) is 141 cm³/mol. The van der Waals surface area contributed by atoms with Gasteiger partial charge in [-0.25, -0.2) is 14.4 Å². The lowest BCUT2D eigenvalue weighted by Gasteiger charge is -2.43. The largest absolute Gasteiger partial charge is 0.478 e. The maximum absolute atomic E-state index is 14.1. The van der Waals surface area contributed by atoms with E-state index in [-0.39, 0.29) is 35.7 Å². The summed E-state index contributed by atoms with van der Waals surface area (Å²) in [6, 6.07) is 16.4. The molecular formula is C30H24F3N3O5. The zero-order chi connectivity index (χ0) is 29.9. The summed E-state index contributed by atoms with van der Waals surface area (Å²) < 4.78 is 46.0. The number of aromatic carboxylic acids is 1. The van der Waals surface area contributed by atoms with Crippen molar-refractivity contribution in [3.63, 3.8) is 0 Å². The summed E-state index contributed by atoms with van der Waals surface area (Å²) in [5, 5.41) is 18.5. The highest BCUT2D eigenvalue weighted by Crippen LogP contribution is 2.42. The van der Waals surface area contributed by atoms with Crippen LogP contribution in [-0.4, -0.2) is 34.6 Å². The van der Waals surface area contributed by atoms with Crippen LogP contribution in [0.3, 0.4) is 0 Å². The van der Waals surface area contributed by atoms with Crippen LogP contribution in [-0.2, 0) is 22.3 Å². The van der Waals surface area contributed by atoms with Crippen molar-refractivity contribution in [3.8, 4) is 6.07 Å². The molecule has 0 fully saturated rings. The smallest absolute Gasteiger partial charge is 0.416 e. The van der Waals surface area contributed by atoms with Crippen LogP contribution in [0.25, 0.3) is 0 Å². The lowest BCUT2D eigenvalue weighted by Crippen LogP contribution is -2.50. The molecule has 1 atom stereocenters. The van der Waals surface area contributed by atoms with Gasteiger partial charge in [0, 0.05) is 12.2 Å². The number of anilines is 1. The Bertz CT molecular complexity index is 1560. The number of nitrogens with zero attached hydrogens (tertiary/aromatic N) is 3. The first-order chi connectivity index (χ1) is 19.5. The topological polar surface area (TPSA) is 111 Å². The highest BCUT2D eigenvalue weighted by Gasteiger charge is 2.43. The van der Waals surface area contributed by atoms with E-state index in [1.807, 2.05) is 6.07 Å². The number of halogens is 3. The highest BCUT2D eigenvalue weighted by atomic mass is 19.4. The molecule has 0 saturated carbocycles. The minimum absolute atomic E-state index is 0.00383. The monoisotopic (exact) mass is 563 g/mol. The number of urea groups is 1. The van der Waals surface area contributed by atoms with E-state index in [9.17, 15) is 37.9 Å². The molecular weight excluding hydrogens is 539 g/mol. The number of hydrogen-bond acceptors (Lipinski definition) is 5. The van der Waals surface area contributed by atoms with Crippen LogP contribution in [0.15, 0.2) is 84.1 Å². The van der Waals surface area contributed by atoms with Crippen molar-refractivity contribution in [1.82, 2.24) is 4.90 Å². The number of ether oxygens (including phenoxy) is 1. The van der Waals surface area contributed by atoms with Gasteiger partial charge in [0.2, 0.25) is 0 Å². The van der Waals surface area contributed by atoms with E-state index < -0.39 is 35.8 Å². The number of carboxylic acid groups (broad SMARTS) is 1. The Morgan fingerprint density at radius 2 is 1.71 bits per heavy atom. The lowest BCUT2D eigenvalue weighted by molar-refractivity contribution is -0.139. The average Bonchev–Trinajstić information content (AvgIpc) is 2.94. The highest BCUT2D eigenvalue weighted by molar-refractivity contribution is 6.03. The Hall–Kier alpha value is -5.11. The third-order valence-corrected chi connectivity index (χ3v) is 6.58. The quantitative estimate of drug-likeness (QED) is 0.338. The summed E-state index contributed by atoms with van der Waals surface area (Å²) in [6.07, 6.45) is -4.67. The Balaban J connectivity index is 1.93. The van der Waals surface area contributed by atoms with Crippen molar-refractivity contribution in [2.24, 2.45) is 0 Å². The number of carbonyl (C=O) groups excluding carboxylic acids is 2. The third kappa shape index (κ3) is 5.91. The Labute approximate surface area is 233 Å². The lowest BCUT2D eigenvalue weighted by atomic mass is 9.91. The summed E-state index contributed by atoms with van der Waals surface area (Å²) in [6.45, 7) is 2.93. The normalized spacial score (nSPS) is 15.5. The van der Waals surface area contributed by atoms with Gasteiger partial charge >= 0.3 is 24.1 Å². The van der Waals surface area contributed by atoms with Gasteiger partial charge < -0.3 is 14.7 Å². The van der Waals surface area contributed by atoms with Crippen molar-refractivity contribution >= 4 is 23.7 Å². The first-order valence-electron chi connectivity index (χ1n) is 12.4. The number of carbonyl (C=O) groups is 3. The maximum Gasteiger partial charge on any atom is 0.416 e. The molecule has 1 aliphatic heterocycles. The van der Waals surface area contributed by atoms with Crippen molar-refractivity contribution in [3.05, 3.63) is 112 Å². The third-order valence-electron chi connectivity index (χ3n) is 6.58. The van der Waals surface area contributed by atoms with E-state index in [0.717, 1.165) is 17.0 Å². The number of allylic oxidation sites excluding steroid dienone is 1. The first-order valence-corrected chi connectivity index (χ1v) is 12.4. The Kier molecular flexibility index (Phi) is 8.14. The molecule has 11 heteroatoms. The van der Waals surface area contributed by atoms with Gasteiger partial charge in [-0.1, -0.05) is 30.3 Å². The molecule has 210 valence electrons. The second-order valence-electron chi connectivity index (χ2n) is 9.15. The number of esters is 1. The first kappa shape index (κ1) is 28.9. The molecule has 4 rings (SSSR count). The number of rotatable bonds is 7. The molecule has 3 aromatic carbocycles. The fraction of sp³-hybridized carbons (Fsp3) is 0.200. The molecule has 0 radical (unpaired) electrons. The van der Waals surface area contributed by atoms with E-state index >= 15 is 0 Å². The minimum atomic E-state index is -4.67. The van der Waals surface area contributed by atoms with Crippen LogP contribution in [0.5, 0.6) is 0 Å². The van der Waals surface area contributed by atoms with Crippen molar-refractivity contribution in [1.29, 1.82) is 5.26 Å². The second-order valence-corrected chi connectivity index (χ2v) is 9.15. The molecule has 2 amide bonds. The molecule has 3 aromatic rings. The van der Waals surface area contributed by atoms with Gasteiger partial charge in [0.1, 0.15) is 0 Å². The van der Waals surface area contributed by atoms with Gasteiger partial charge in [-0.05, 0) is 67.4 Å². The fourth-order valence-electron chi connectivity index (χ4n) is 4.64. The zero-order valence-electron chi connectivity index (χ0n) is 22.0. The fourth-order valence-corrected chi connectivity index (χ4v) is 4.64. The van der Waals surface area contributed by atoms with Gasteiger partial charge in [-0.3, -0.25) is 4.90 Å². The Morgan fingerprint density at radius 3 is 2.27 bits per heavy atom. The summed E-state index contributed by atoms with van der Waals surface area (Å²) in [4.78, 5) is 41.2. The van der Waals surface area contributed by atoms with Crippen LogP contribution < -0.4 is 4.90 Å². The van der Waals surface area contributed by atoms with Crippen molar-refractivity contribution in [2.45, 2.75) is 32.6 Å². The molecule has 0 aromatic heterocycles. The molecule has 8 nitrogen and oxygen atoms in total. The van der Waals surface area contributed by atoms with Crippen LogP contribution in [0.4, 0.5) is 23.7 Å². The molecule has 0 saturated heterocycles. The van der Waals surface area contributed by atoms with Gasteiger partial charge in [-0.2, -0.15) is 18.4 Å². The SMILES string of the molecule is CCOC(=O)C1=C(C)N(c2cccc(C(F)(F)F)c2)C(=O)N(Cc2ccc(C(=O)O)cc2)C1c1ccc(C#N)cc1. The minimum Gasteiger partial charge on any atom is -0.478 e. The Morgan fingerprint density at radius 1 is 1.05 bits per heavy atom. The van der Waals surface area contributed by atoms with Crippen LogP contribution in [0.1, 0.15) is 52.5 Å². The molecule has 1 N–H and O–H groups in total. The number of amides is 2. The van der Waals surface area contributed by atoms with E-state index in [1.165, 1.54) is 60.4 Å². The molecule has 1 unspecified atom stereocenters. The van der Waals surface area contributed by atoms with Gasteiger partial charge in [-0.15, -0.1) is 0 Å². The number of hydrogen-bond donors (Lipinski definition) is 1. The zero-order valence-corrected chi connectivity index (χ0v) is 22.0. The van der Waals surface area contributed by atoms with Gasteiger partial charge in [0.15, 0.2) is 0 Å². The summed E-state index contributed by atoms with van der Waals surface area (Å²) in [5.41, 5.74) is 0.369. The maximum atomic E-state index is 14.1. The molecule has 0 bridgehead atoms. The summed E-state index contributed by atoms with van der Waals surface area (Å²) in [5.74, 6) is -1.91. The number of benzene rings is 3. The predicted octanol–water partition coefficient (Wildman–Crippen LogP) is 6.30. The standard InChI is InChI=1S/C30H24F3N3O5/c1-3-41-28(39)25-18(2)36(24-6-4-5-23(15-24)30(31,32)33)29(40)35(17-20-9-13-22(14-10-20)27(37)38)26(25)21-11-7-19(16-34)8-12-21/h4-15,26H,3,17H2,1-2H3,(H,37,38). The van der Waals surface area contributed by atoms with E-state index in [0.29, 0.717) is 16.7 Å². The van der Waals surface area contributed by atoms with Crippen molar-refractivity contribution in [2.75, 3.05) is 11.5 Å². The van der Waals surface area contributed by atoms with E-state index in [4.69, 9.17) is 4.74 Å². The van der Waals surface area contributed by atoms with Crippen LogP contribution in [0, 0.1) is 11.3 Å². The molecule has 41 heavy (non-hydrogen) atoms. The summed E-state index contributed by atoms with van der Waals surface area (Å²) >= 11 is 0. The molecule has 0 aliphatic carbocycles. The van der Waals surface area contributed by atoms with E-state index in [1.54, 1.807) is 19.1 Å². The molecule has 0 spiro atoms. The van der Waals surface area contributed by atoms with Gasteiger partial charge in [0.25, 0.3) is 0 Å².